The monoisotopic (exact) mass is 193 g/mol. The molecule has 78 valence electrons. The van der Waals surface area contributed by atoms with Crippen LogP contribution < -0.4 is 5.73 Å². The van der Waals surface area contributed by atoms with Crippen molar-refractivity contribution in [1.82, 2.24) is 0 Å². The minimum absolute atomic E-state index is 0.164. The van der Waals surface area contributed by atoms with E-state index in [2.05, 4.69) is 31.2 Å². The highest BCUT2D eigenvalue weighted by Gasteiger charge is 2.05. The average molecular weight is 193 g/mol. The first-order valence-electron chi connectivity index (χ1n) is 5.01. The van der Waals surface area contributed by atoms with Crippen molar-refractivity contribution in [2.75, 3.05) is 13.7 Å². The van der Waals surface area contributed by atoms with E-state index in [0.29, 0.717) is 12.5 Å². The number of hydrogen-bond acceptors (Lipinski definition) is 2. The van der Waals surface area contributed by atoms with Crippen LogP contribution in [-0.2, 0) is 4.74 Å². The summed E-state index contributed by atoms with van der Waals surface area (Å²) in [5.41, 5.74) is 8.10. The summed E-state index contributed by atoms with van der Waals surface area (Å²) in [5.74, 6) is 0.432. The first-order valence-corrected chi connectivity index (χ1v) is 5.01. The molecule has 2 atom stereocenters. The zero-order chi connectivity index (χ0) is 10.6. The minimum atomic E-state index is 0.164. The van der Waals surface area contributed by atoms with Gasteiger partial charge in [-0.05, 0) is 30.5 Å². The minimum Gasteiger partial charge on any atom is -0.377 e. The summed E-state index contributed by atoms with van der Waals surface area (Å²) in [6.07, 6.45) is 0.164. The smallest absolute Gasteiger partial charge is 0.0793 e. The molecule has 2 heteroatoms. The molecule has 2 nitrogen and oxygen atoms in total. The van der Waals surface area contributed by atoms with Gasteiger partial charge in [0, 0.05) is 7.11 Å². The maximum atomic E-state index is 5.60. The Labute approximate surface area is 86.1 Å². The first-order chi connectivity index (χ1) is 6.69. The highest BCUT2D eigenvalue weighted by molar-refractivity contribution is 5.26. The van der Waals surface area contributed by atoms with E-state index >= 15 is 0 Å². The number of nitrogens with two attached hydrogens (primary N) is 1. The van der Waals surface area contributed by atoms with Gasteiger partial charge in [-0.2, -0.15) is 0 Å². The molecule has 0 spiro atoms. The molecule has 0 unspecified atom stereocenters. The standard InChI is InChI=1S/C12H19NO/c1-9(8-13)11-4-6-12(7-5-11)10(2)14-3/h4-7,9-10H,8,13H2,1-3H3/t9-,10+/m1/s1. The molecule has 0 aliphatic rings. The number of rotatable bonds is 4. The van der Waals surface area contributed by atoms with E-state index in [1.807, 2.05) is 6.92 Å². The normalized spacial score (nSPS) is 15.1. The van der Waals surface area contributed by atoms with E-state index in [-0.39, 0.29) is 6.10 Å². The number of ether oxygens (including phenoxy) is 1. The van der Waals surface area contributed by atoms with Crippen LogP contribution in [0.2, 0.25) is 0 Å². The molecule has 0 aromatic heterocycles. The topological polar surface area (TPSA) is 35.2 Å². The summed E-state index contributed by atoms with van der Waals surface area (Å²) in [7, 11) is 1.72. The van der Waals surface area contributed by atoms with Gasteiger partial charge in [0.25, 0.3) is 0 Å². The van der Waals surface area contributed by atoms with Crippen molar-refractivity contribution in [2.45, 2.75) is 25.9 Å². The third-order valence-electron chi connectivity index (χ3n) is 2.68. The Balaban J connectivity index is 2.78. The molecule has 0 radical (unpaired) electrons. The van der Waals surface area contributed by atoms with E-state index < -0.39 is 0 Å². The van der Waals surface area contributed by atoms with Crippen LogP contribution in [0, 0.1) is 0 Å². The highest BCUT2D eigenvalue weighted by Crippen LogP contribution is 2.19. The fourth-order valence-corrected chi connectivity index (χ4v) is 1.37. The van der Waals surface area contributed by atoms with E-state index in [1.165, 1.54) is 11.1 Å². The molecule has 1 aromatic carbocycles. The van der Waals surface area contributed by atoms with Gasteiger partial charge in [0.05, 0.1) is 6.10 Å². The molecule has 0 aliphatic heterocycles. The molecule has 0 heterocycles. The van der Waals surface area contributed by atoms with E-state index in [0.717, 1.165) is 0 Å². The van der Waals surface area contributed by atoms with Gasteiger partial charge < -0.3 is 10.5 Å². The molecule has 1 rings (SSSR count). The predicted octanol–water partition coefficient (Wildman–Crippen LogP) is 2.46. The van der Waals surface area contributed by atoms with Crippen LogP contribution in [0.3, 0.4) is 0 Å². The van der Waals surface area contributed by atoms with Crippen LogP contribution in [0.4, 0.5) is 0 Å². The molecule has 0 saturated heterocycles. The maximum Gasteiger partial charge on any atom is 0.0793 e. The SMILES string of the molecule is CO[C@@H](C)c1ccc([C@H](C)CN)cc1. The fourth-order valence-electron chi connectivity index (χ4n) is 1.37. The molecule has 0 saturated carbocycles. The Morgan fingerprint density at radius 1 is 1.14 bits per heavy atom. The van der Waals surface area contributed by atoms with Crippen molar-refractivity contribution >= 4 is 0 Å². The van der Waals surface area contributed by atoms with Crippen molar-refractivity contribution in [3.05, 3.63) is 35.4 Å². The van der Waals surface area contributed by atoms with Crippen LogP contribution in [-0.4, -0.2) is 13.7 Å². The van der Waals surface area contributed by atoms with Gasteiger partial charge in [-0.25, -0.2) is 0 Å². The Bertz CT molecular complexity index is 239. The lowest BCUT2D eigenvalue weighted by molar-refractivity contribution is 0.119. The van der Waals surface area contributed by atoms with E-state index in [9.17, 15) is 0 Å². The summed E-state index contributed by atoms with van der Waals surface area (Å²) >= 11 is 0. The lowest BCUT2D eigenvalue weighted by atomic mass is 9.99. The molecule has 0 aliphatic carbocycles. The van der Waals surface area contributed by atoms with Crippen LogP contribution in [0.5, 0.6) is 0 Å². The molecule has 14 heavy (non-hydrogen) atoms. The second-order valence-electron chi connectivity index (χ2n) is 3.68. The predicted molar refractivity (Wildman–Crippen MR) is 59.3 cm³/mol. The van der Waals surface area contributed by atoms with Gasteiger partial charge in [0.15, 0.2) is 0 Å². The van der Waals surface area contributed by atoms with Crippen molar-refractivity contribution in [2.24, 2.45) is 5.73 Å². The molecular formula is C12H19NO. The van der Waals surface area contributed by atoms with Crippen molar-refractivity contribution in [3.63, 3.8) is 0 Å². The largest absolute Gasteiger partial charge is 0.377 e. The van der Waals surface area contributed by atoms with E-state index in [4.69, 9.17) is 10.5 Å². The average Bonchev–Trinajstić information content (AvgIpc) is 2.27. The van der Waals surface area contributed by atoms with Gasteiger partial charge in [-0.15, -0.1) is 0 Å². The van der Waals surface area contributed by atoms with Crippen LogP contribution in [0.1, 0.15) is 37.0 Å². The van der Waals surface area contributed by atoms with Crippen molar-refractivity contribution < 1.29 is 4.74 Å². The fraction of sp³-hybridized carbons (Fsp3) is 0.500. The number of methoxy groups -OCH3 is 1. The molecule has 0 amide bonds. The van der Waals surface area contributed by atoms with Gasteiger partial charge in [0.2, 0.25) is 0 Å². The quantitative estimate of drug-likeness (QED) is 0.797. The summed E-state index contributed by atoms with van der Waals surface area (Å²) in [5, 5.41) is 0. The first kappa shape index (κ1) is 11.2. The second-order valence-corrected chi connectivity index (χ2v) is 3.68. The Kier molecular flexibility index (Phi) is 4.11. The van der Waals surface area contributed by atoms with Crippen LogP contribution >= 0.6 is 0 Å². The second kappa shape index (κ2) is 5.13. The zero-order valence-electron chi connectivity index (χ0n) is 9.16. The Morgan fingerprint density at radius 3 is 2.07 bits per heavy atom. The summed E-state index contributed by atoms with van der Waals surface area (Å²) in [6.45, 7) is 4.87. The van der Waals surface area contributed by atoms with Crippen molar-refractivity contribution in [3.8, 4) is 0 Å². The number of benzene rings is 1. The third-order valence-corrected chi connectivity index (χ3v) is 2.68. The molecule has 0 fully saturated rings. The van der Waals surface area contributed by atoms with Gasteiger partial charge in [-0.3, -0.25) is 0 Å². The zero-order valence-corrected chi connectivity index (χ0v) is 9.16. The highest BCUT2D eigenvalue weighted by atomic mass is 16.5. The summed E-state index contributed by atoms with van der Waals surface area (Å²) in [4.78, 5) is 0. The lowest BCUT2D eigenvalue weighted by Crippen LogP contribution is -2.08. The molecular weight excluding hydrogens is 174 g/mol. The van der Waals surface area contributed by atoms with Crippen LogP contribution in [0.25, 0.3) is 0 Å². The van der Waals surface area contributed by atoms with Gasteiger partial charge in [0.1, 0.15) is 0 Å². The molecule has 1 aromatic rings. The molecule has 0 bridgehead atoms. The third kappa shape index (κ3) is 2.56. The molecule has 2 N–H and O–H groups in total. The van der Waals surface area contributed by atoms with Gasteiger partial charge >= 0.3 is 0 Å². The maximum absolute atomic E-state index is 5.60. The Morgan fingerprint density at radius 2 is 1.64 bits per heavy atom. The Hall–Kier alpha value is -0.860. The van der Waals surface area contributed by atoms with Gasteiger partial charge in [-0.1, -0.05) is 31.2 Å². The lowest BCUT2D eigenvalue weighted by Gasteiger charge is -2.12. The summed E-state index contributed by atoms with van der Waals surface area (Å²) < 4.78 is 5.24. The van der Waals surface area contributed by atoms with Crippen LogP contribution in [0.15, 0.2) is 24.3 Å². The van der Waals surface area contributed by atoms with E-state index in [1.54, 1.807) is 7.11 Å². The number of hydrogen-bond donors (Lipinski definition) is 1. The van der Waals surface area contributed by atoms with Crippen molar-refractivity contribution in [1.29, 1.82) is 0 Å². The summed E-state index contributed by atoms with van der Waals surface area (Å²) in [6, 6.07) is 8.47.